The van der Waals surface area contributed by atoms with Crippen LogP contribution in [0.15, 0.2) is 88.9 Å². The predicted octanol–water partition coefficient (Wildman–Crippen LogP) is 3.28. The highest BCUT2D eigenvalue weighted by atomic mass is 32.2. The number of rotatable bonds is 7. The van der Waals surface area contributed by atoms with Crippen molar-refractivity contribution in [3.63, 3.8) is 0 Å². The molecule has 1 N–H and O–H groups in total. The molecule has 0 aromatic heterocycles. The van der Waals surface area contributed by atoms with Gasteiger partial charge in [0.05, 0.1) is 23.9 Å². The van der Waals surface area contributed by atoms with Crippen LogP contribution < -0.4 is 14.5 Å². The molecule has 7 nitrogen and oxygen atoms in total. The fourth-order valence-corrected chi connectivity index (χ4v) is 3.88. The van der Waals surface area contributed by atoms with Gasteiger partial charge in [-0.1, -0.05) is 30.3 Å². The lowest BCUT2D eigenvalue weighted by molar-refractivity contribution is 0.0955. The molecule has 0 radical (unpaired) electrons. The molecule has 0 fully saturated rings. The average Bonchev–Trinajstić information content (AvgIpc) is 2.79. The van der Waals surface area contributed by atoms with Crippen LogP contribution in [-0.4, -0.2) is 34.7 Å². The van der Waals surface area contributed by atoms with Crippen LogP contribution in [-0.2, 0) is 10.0 Å². The van der Waals surface area contributed by atoms with E-state index in [0.29, 0.717) is 17.0 Å². The molecule has 154 valence electrons. The van der Waals surface area contributed by atoms with E-state index in [-0.39, 0.29) is 4.90 Å². The lowest BCUT2D eigenvalue weighted by atomic mass is 10.2. The summed E-state index contributed by atoms with van der Waals surface area (Å²) in [6.07, 6.45) is 1.51. The van der Waals surface area contributed by atoms with Gasteiger partial charge in [-0.15, -0.1) is 0 Å². The van der Waals surface area contributed by atoms with Crippen molar-refractivity contribution in [1.29, 1.82) is 0 Å². The Hall–Kier alpha value is -3.65. The number of carbonyl (C=O) groups is 1. The van der Waals surface area contributed by atoms with Crippen molar-refractivity contribution in [1.82, 2.24) is 5.43 Å². The van der Waals surface area contributed by atoms with Crippen LogP contribution in [0.1, 0.15) is 15.9 Å². The SMILES string of the molecule is COc1cccc(/C=N\NC(=O)c2ccc(N(C)S(=O)(=O)c3ccccc3)cc2)c1. The topological polar surface area (TPSA) is 88.1 Å². The second-order valence-electron chi connectivity index (χ2n) is 6.31. The zero-order valence-corrected chi connectivity index (χ0v) is 17.3. The van der Waals surface area contributed by atoms with Crippen LogP contribution in [0.25, 0.3) is 0 Å². The van der Waals surface area contributed by atoms with Gasteiger partial charge in [-0.05, 0) is 54.1 Å². The van der Waals surface area contributed by atoms with E-state index in [4.69, 9.17) is 4.74 Å². The molecule has 0 saturated carbocycles. The van der Waals surface area contributed by atoms with Crippen molar-refractivity contribution in [2.45, 2.75) is 4.90 Å². The van der Waals surface area contributed by atoms with E-state index in [1.165, 1.54) is 29.7 Å². The summed E-state index contributed by atoms with van der Waals surface area (Å²) in [6.45, 7) is 0. The standard InChI is InChI=1S/C22H21N3O4S/c1-25(30(27,28)21-9-4-3-5-10-21)19-13-11-18(12-14-19)22(26)24-23-16-17-7-6-8-20(15-17)29-2/h3-16H,1-2H3,(H,24,26)/b23-16-. The number of benzene rings is 3. The second kappa shape index (κ2) is 9.23. The highest BCUT2D eigenvalue weighted by Gasteiger charge is 2.21. The summed E-state index contributed by atoms with van der Waals surface area (Å²) in [6, 6.07) is 21.6. The second-order valence-corrected chi connectivity index (χ2v) is 8.28. The quantitative estimate of drug-likeness (QED) is 0.467. The Morgan fingerprint density at radius 1 is 1.00 bits per heavy atom. The van der Waals surface area contributed by atoms with Crippen LogP contribution in [0.2, 0.25) is 0 Å². The lowest BCUT2D eigenvalue weighted by Gasteiger charge is -2.19. The Kier molecular flexibility index (Phi) is 6.48. The molecule has 0 aliphatic carbocycles. The van der Waals surface area contributed by atoms with Gasteiger partial charge in [0.2, 0.25) is 0 Å². The number of nitrogens with zero attached hydrogens (tertiary/aromatic N) is 2. The highest BCUT2D eigenvalue weighted by Crippen LogP contribution is 2.22. The number of hydrazone groups is 1. The Morgan fingerprint density at radius 2 is 1.70 bits per heavy atom. The van der Waals surface area contributed by atoms with E-state index in [1.54, 1.807) is 55.6 Å². The first kappa shape index (κ1) is 21.1. The van der Waals surface area contributed by atoms with E-state index in [1.807, 2.05) is 18.2 Å². The van der Waals surface area contributed by atoms with Gasteiger partial charge in [0, 0.05) is 12.6 Å². The number of amides is 1. The van der Waals surface area contributed by atoms with E-state index >= 15 is 0 Å². The summed E-state index contributed by atoms with van der Waals surface area (Å²) in [7, 11) is -0.635. The Balaban J connectivity index is 1.67. The van der Waals surface area contributed by atoms with E-state index in [2.05, 4.69) is 10.5 Å². The molecule has 3 aromatic carbocycles. The minimum absolute atomic E-state index is 0.196. The fraction of sp³-hybridized carbons (Fsp3) is 0.0909. The van der Waals surface area contributed by atoms with Crippen molar-refractivity contribution in [3.8, 4) is 5.75 Å². The molecule has 0 aliphatic rings. The van der Waals surface area contributed by atoms with Gasteiger partial charge in [0.25, 0.3) is 15.9 Å². The summed E-state index contributed by atoms with van der Waals surface area (Å²) < 4.78 is 31.7. The average molecular weight is 423 g/mol. The van der Waals surface area contributed by atoms with Crippen molar-refractivity contribution in [2.24, 2.45) is 5.10 Å². The van der Waals surface area contributed by atoms with Crippen LogP contribution in [0, 0.1) is 0 Å². The third-order valence-electron chi connectivity index (χ3n) is 4.37. The van der Waals surface area contributed by atoms with Crippen LogP contribution in [0.5, 0.6) is 5.75 Å². The maximum Gasteiger partial charge on any atom is 0.271 e. The van der Waals surface area contributed by atoms with Crippen molar-refractivity contribution < 1.29 is 17.9 Å². The van der Waals surface area contributed by atoms with Gasteiger partial charge >= 0.3 is 0 Å². The molecule has 3 aromatic rings. The molecule has 0 aliphatic heterocycles. The predicted molar refractivity (Wildman–Crippen MR) is 117 cm³/mol. The van der Waals surface area contributed by atoms with E-state index in [0.717, 1.165) is 5.56 Å². The monoisotopic (exact) mass is 423 g/mol. The number of sulfonamides is 1. The largest absolute Gasteiger partial charge is 0.497 e. The zero-order chi connectivity index (χ0) is 21.6. The number of methoxy groups -OCH3 is 1. The Bertz CT molecular complexity index is 1140. The minimum atomic E-state index is -3.68. The smallest absolute Gasteiger partial charge is 0.271 e. The number of hydrogen-bond acceptors (Lipinski definition) is 5. The summed E-state index contributed by atoms with van der Waals surface area (Å²) in [5, 5.41) is 3.94. The normalized spacial score (nSPS) is 11.3. The third-order valence-corrected chi connectivity index (χ3v) is 6.17. The molecule has 0 atom stereocenters. The molecule has 30 heavy (non-hydrogen) atoms. The molecule has 0 spiro atoms. The molecule has 1 amide bonds. The van der Waals surface area contributed by atoms with E-state index in [9.17, 15) is 13.2 Å². The molecule has 8 heteroatoms. The molecule has 0 heterocycles. The van der Waals surface area contributed by atoms with Crippen LogP contribution >= 0.6 is 0 Å². The van der Waals surface area contributed by atoms with Gasteiger partial charge in [-0.3, -0.25) is 9.10 Å². The zero-order valence-electron chi connectivity index (χ0n) is 16.5. The van der Waals surface area contributed by atoms with Gasteiger partial charge in [0.1, 0.15) is 5.75 Å². The minimum Gasteiger partial charge on any atom is -0.497 e. The number of carbonyl (C=O) groups excluding carboxylic acids is 1. The highest BCUT2D eigenvalue weighted by molar-refractivity contribution is 7.92. The van der Waals surface area contributed by atoms with Gasteiger partial charge in [-0.25, -0.2) is 13.8 Å². The molecule has 0 unspecified atom stereocenters. The van der Waals surface area contributed by atoms with Crippen LogP contribution in [0.4, 0.5) is 5.69 Å². The van der Waals surface area contributed by atoms with Crippen molar-refractivity contribution >= 4 is 27.8 Å². The fourth-order valence-electron chi connectivity index (χ4n) is 2.66. The summed E-state index contributed by atoms with van der Waals surface area (Å²) in [5.74, 6) is 0.282. The lowest BCUT2D eigenvalue weighted by Crippen LogP contribution is -2.26. The molecule has 0 saturated heterocycles. The number of nitrogens with one attached hydrogen (secondary N) is 1. The Morgan fingerprint density at radius 3 is 2.37 bits per heavy atom. The molecular weight excluding hydrogens is 402 g/mol. The van der Waals surface area contributed by atoms with Gasteiger partial charge in [0.15, 0.2) is 0 Å². The Labute approximate surface area is 175 Å². The number of anilines is 1. The summed E-state index contributed by atoms with van der Waals surface area (Å²) in [5.41, 5.74) is 4.02. The molecular formula is C22H21N3O4S. The van der Waals surface area contributed by atoms with Crippen molar-refractivity contribution in [2.75, 3.05) is 18.5 Å². The maximum atomic E-state index is 12.7. The van der Waals surface area contributed by atoms with Gasteiger partial charge < -0.3 is 4.74 Å². The first-order chi connectivity index (χ1) is 14.4. The van der Waals surface area contributed by atoms with Crippen LogP contribution in [0.3, 0.4) is 0 Å². The first-order valence-corrected chi connectivity index (χ1v) is 10.5. The molecule has 0 bridgehead atoms. The first-order valence-electron chi connectivity index (χ1n) is 9.03. The van der Waals surface area contributed by atoms with Crippen molar-refractivity contribution in [3.05, 3.63) is 90.0 Å². The maximum absolute atomic E-state index is 12.7. The third kappa shape index (κ3) is 4.84. The summed E-state index contributed by atoms with van der Waals surface area (Å²) in [4.78, 5) is 12.5. The molecule has 3 rings (SSSR count). The number of hydrogen-bond donors (Lipinski definition) is 1. The number of ether oxygens (including phenoxy) is 1. The summed E-state index contributed by atoms with van der Waals surface area (Å²) >= 11 is 0. The van der Waals surface area contributed by atoms with Gasteiger partial charge in [-0.2, -0.15) is 5.10 Å². The van der Waals surface area contributed by atoms with E-state index < -0.39 is 15.9 Å².